The second-order valence-electron chi connectivity index (χ2n) is 14.1. The number of fused-ring (bicyclic) bond motifs is 2. The van der Waals surface area contributed by atoms with E-state index in [1.54, 1.807) is 27.7 Å². The monoisotopic (exact) mass is 668 g/mol. The van der Waals surface area contributed by atoms with E-state index in [0.29, 0.717) is 5.57 Å². The van der Waals surface area contributed by atoms with Crippen molar-refractivity contribution in [2.45, 2.75) is 94.8 Å². The molecule has 5 fully saturated rings. The molecule has 3 saturated heterocycles. The number of ketones is 1. The molecule has 0 radical (unpaired) electrons. The molecule has 6 rings (SSSR count). The Balaban J connectivity index is 1.47. The Morgan fingerprint density at radius 1 is 1.04 bits per heavy atom. The molecule has 0 amide bonds. The molecule has 7 N–H and O–H groups in total. The van der Waals surface area contributed by atoms with E-state index in [2.05, 4.69) is 0 Å². The number of carboxylic acid groups (broad SMARTS) is 1. The predicted molar refractivity (Wildman–Crippen MR) is 150 cm³/mol. The fourth-order valence-corrected chi connectivity index (χ4v) is 9.43. The SMILES string of the molecule is CC(C)=CC(=O)O[C@H]1C(=O)O[C@@H]2C[C@H]3[C@H](C)C(=O)C(O[C@@H]4O[C@H](CO)[C@@H](O)[C@H](O)[C@H]4O)=C[C@]3(C)[C@H]3[C@@H](O)[C@H](O)C4(C(=O)O)OC[C@]32[C@@H]14. The van der Waals surface area contributed by atoms with Gasteiger partial charge in [-0.25, -0.2) is 14.4 Å². The van der Waals surface area contributed by atoms with E-state index in [1.165, 1.54) is 6.08 Å². The summed E-state index contributed by atoms with van der Waals surface area (Å²) in [4.78, 5) is 53.0. The summed E-state index contributed by atoms with van der Waals surface area (Å²) in [5.41, 5.74) is -4.90. The van der Waals surface area contributed by atoms with Crippen molar-refractivity contribution in [3.8, 4) is 0 Å². The van der Waals surface area contributed by atoms with Crippen molar-refractivity contribution >= 4 is 23.7 Å². The van der Waals surface area contributed by atoms with Gasteiger partial charge in [0, 0.05) is 23.3 Å². The van der Waals surface area contributed by atoms with Gasteiger partial charge in [0.1, 0.15) is 36.6 Å². The number of ether oxygens (including phenoxy) is 5. The molecule has 260 valence electrons. The molecule has 16 atom stereocenters. The van der Waals surface area contributed by atoms with Crippen LogP contribution in [-0.2, 0) is 42.9 Å². The van der Waals surface area contributed by atoms with Crippen LogP contribution in [-0.4, -0.2) is 133 Å². The highest BCUT2D eigenvalue weighted by Crippen LogP contribution is 2.72. The number of rotatable bonds is 6. The lowest BCUT2D eigenvalue weighted by Crippen LogP contribution is -2.79. The zero-order valence-corrected chi connectivity index (χ0v) is 26.1. The van der Waals surface area contributed by atoms with Gasteiger partial charge in [-0.15, -0.1) is 0 Å². The maximum atomic E-state index is 13.7. The quantitative estimate of drug-likeness (QED) is 0.114. The summed E-state index contributed by atoms with van der Waals surface area (Å²) in [7, 11) is 0. The zero-order valence-electron chi connectivity index (χ0n) is 26.1. The first-order valence-electron chi connectivity index (χ1n) is 15.5. The number of carbonyl (C=O) groups is 4. The number of carboxylic acids is 1. The van der Waals surface area contributed by atoms with Crippen LogP contribution in [0.4, 0.5) is 0 Å². The first kappa shape index (κ1) is 33.9. The zero-order chi connectivity index (χ0) is 34.5. The second kappa shape index (κ2) is 11.3. The Labute approximate surface area is 268 Å². The van der Waals surface area contributed by atoms with Gasteiger partial charge in [0.15, 0.2) is 11.5 Å². The van der Waals surface area contributed by atoms with Gasteiger partial charge in [0.25, 0.3) is 0 Å². The van der Waals surface area contributed by atoms with Crippen LogP contribution >= 0.6 is 0 Å². The molecule has 2 bridgehead atoms. The third-order valence-electron chi connectivity index (χ3n) is 11.4. The van der Waals surface area contributed by atoms with Crippen LogP contribution in [0.2, 0.25) is 0 Å². The van der Waals surface area contributed by atoms with Gasteiger partial charge in [-0.2, -0.15) is 0 Å². The first-order chi connectivity index (χ1) is 22.0. The molecule has 6 aliphatic rings. The molecular formula is C31H40O16. The van der Waals surface area contributed by atoms with E-state index < -0.39 is 132 Å². The van der Waals surface area contributed by atoms with Crippen LogP contribution in [0, 0.1) is 34.5 Å². The van der Waals surface area contributed by atoms with E-state index in [0.717, 1.165) is 6.08 Å². The highest BCUT2D eigenvalue weighted by molar-refractivity contribution is 5.97. The fraction of sp³-hybridized carbons (Fsp3) is 0.742. The first-order valence-corrected chi connectivity index (χ1v) is 15.5. The molecule has 47 heavy (non-hydrogen) atoms. The van der Waals surface area contributed by atoms with Crippen LogP contribution in [0.3, 0.4) is 0 Å². The number of esters is 2. The van der Waals surface area contributed by atoms with Crippen LogP contribution < -0.4 is 0 Å². The van der Waals surface area contributed by atoms with Gasteiger partial charge in [-0.1, -0.05) is 19.4 Å². The molecule has 3 heterocycles. The van der Waals surface area contributed by atoms with Gasteiger partial charge in [-0.05, 0) is 37.7 Å². The molecule has 2 saturated carbocycles. The van der Waals surface area contributed by atoms with E-state index in [-0.39, 0.29) is 12.2 Å². The summed E-state index contributed by atoms with van der Waals surface area (Å²) in [5.74, 6) is -8.84. The topological polar surface area (TPSA) is 256 Å². The van der Waals surface area contributed by atoms with Crippen molar-refractivity contribution in [3.05, 3.63) is 23.5 Å². The van der Waals surface area contributed by atoms with E-state index >= 15 is 0 Å². The number of carbonyl (C=O) groups excluding carboxylic acids is 3. The maximum absolute atomic E-state index is 13.7. The van der Waals surface area contributed by atoms with Crippen molar-refractivity contribution < 1.29 is 78.6 Å². The van der Waals surface area contributed by atoms with E-state index in [9.17, 15) is 54.9 Å². The van der Waals surface area contributed by atoms with Gasteiger partial charge >= 0.3 is 17.9 Å². The third-order valence-corrected chi connectivity index (χ3v) is 11.4. The Bertz CT molecular complexity index is 1420. The molecule has 3 aliphatic heterocycles. The lowest BCUT2D eigenvalue weighted by molar-refractivity contribution is -0.296. The third kappa shape index (κ3) is 4.49. The summed E-state index contributed by atoms with van der Waals surface area (Å²) in [6.45, 7) is 5.32. The highest BCUT2D eigenvalue weighted by atomic mass is 16.7. The summed E-state index contributed by atoms with van der Waals surface area (Å²) >= 11 is 0. The summed E-state index contributed by atoms with van der Waals surface area (Å²) in [6, 6.07) is 0. The number of aliphatic hydroxyl groups excluding tert-OH is 6. The van der Waals surface area contributed by atoms with Crippen molar-refractivity contribution in [2.75, 3.05) is 13.2 Å². The minimum Gasteiger partial charge on any atom is -0.479 e. The van der Waals surface area contributed by atoms with Crippen LogP contribution in [0.25, 0.3) is 0 Å². The number of allylic oxidation sites excluding steroid dienone is 3. The molecule has 0 aromatic carbocycles. The lowest BCUT2D eigenvalue weighted by Gasteiger charge is -2.67. The smallest absolute Gasteiger partial charge is 0.348 e. The molecular weight excluding hydrogens is 628 g/mol. The summed E-state index contributed by atoms with van der Waals surface area (Å²) in [6.07, 6.45) is -12.7. The molecule has 3 aliphatic carbocycles. The predicted octanol–water partition coefficient (Wildman–Crippen LogP) is -2.46. The number of hydrogen-bond acceptors (Lipinski definition) is 15. The van der Waals surface area contributed by atoms with Crippen molar-refractivity contribution in [1.29, 1.82) is 0 Å². The standard InChI is InChI=1S/C31H40O16/c1-10(2)5-16(33)47-22-24-30-9-43-31(24,28(41)42)25(39)21(38)23(30)29(4)7-13(17(34)11(3)12(29)6-15(30)46-26(22)40)44-27-20(37)19(36)18(35)14(8-32)45-27/h5,7,11-12,14-15,18-25,27,32,35-39H,6,8-9H2,1-4H3,(H,41,42)/t11-,12-,14+,15+,18+,19-,20+,21+,22+,23+,24+,25-,27+,29-,30+,31?/m0/s1. The van der Waals surface area contributed by atoms with Crippen LogP contribution in [0.5, 0.6) is 0 Å². The minimum absolute atomic E-state index is 0.00247. The van der Waals surface area contributed by atoms with Crippen LogP contribution in [0.1, 0.15) is 34.1 Å². The second-order valence-corrected chi connectivity index (χ2v) is 14.1. The van der Waals surface area contributed by atoms with Crippen molar-refractivity contribution in [1.82, 2.24) is 0 Å². The van der Waals surface area contributed by atoms with Gasteiger partial charge in [-0.3, -0.25) is 4.79 Å². The number of hydrogen-bond donors (Lipinski definition) is 7. The molecule has 1 unspecified atom stereocenters. The molecule has 0 aromatic heterocycles. The lowest BCUT2D eigenvalue weighted by atomic mass is 9.38. The van der Waals surface area contributed by atoms with E-state index in [4.69, 9.17) is 23.7 Å². The normalized spacial score (nSPS) is 49.9. The summed E-state index contributed by atoms with van der Waals surface area (Å²) in [5, 5.41) is 74.6. The molecule has 0 aromatic rings. The number of Topliss-reactive ketones (excluding diaryl/α,β-unsaturated/α-hetero) is 1. The average Bonchev–Trinajstić information content (AvgIpc) is 3.31. The maximum Gasteiger partial charge on any atom is 0.348 e. The fourth-order valence-electron chi connectivity index (χ4n) is 9.43. The number of aliphatic carboxylic acids is 1. The van der Waals surface area contributed by atoms with Crippen molar-refractivity contribution in [3.63, 3.8) is 0 Å². The minimum atomic E-state index is -2.57. The van der Waals surface area contributed by atoms with Crippen molar-refractivity contribution in [2.24, 2.45) is 34.5 Å². The molecule has 16 nitrogen and oxygen atoms in total. The number of aliphatic hydroxyl groups is 6. The Morgan fingerprint density at radius 2 is 1.72 bits per heavy atom. The Kier molecular flexibility index (Phi) is 8.16. The highest BCUT2D eigenvalue weighted by Gasteiger charge is 2.85. The summed E-state index contributed by atoms with van der Waals surface area (Å²) < 4.78 is 28.6. The largest absolute Gasteiger partial charge is 0.479 e. The van der Waals surface area contributed by atoms with Gasteiger partial charge < -0.3 is 59.4 Å². The molecule has 1 spiro atoms. The van der Waals surface area contributed by atoms with Crippen LogP contribution in [0.15, 0.2) is 23.5 Å². The average molecular weight is 669 g/mol. The molecule has 16 heteroatoms. The van der Waals surface area contributed by atoms with Gasteiger partial charge in [0.2, 0.25) is 18.0 Å². The Hall–Kier alpha value is -2.96. The van der Waals surface area contributed by atoms with Gasteiger partial charge in [0.05, 0.1) is 25.2 Å². The van der Waals surface area contributed by atoms with E-state index in [1.807, 2.05) is 0 Å². The Morgan fingerprint density at radius 3 is 2.34 bits per heavy atom.